The number of benzene rings is 1. The number of hydrogen-bond donors (Lipinski definition) is 3. The van der Waals surface area contributed by atoms with Gasteiger partial charge in [0.1, 0.15) is 0 Å². The van der Waals surface area contributed by atoms with Gasteiger partial charge in [0.05, 0.1) is 11.4 Å². The average Bonchev–Trinajstić information content (AvgIpc) is 2.41. The Balaban J connectivity index is 0.00000441. The molecule has 0 saturated heterocycles. The van der Waals surface area contributed by atoms with Crippen LogP contribution >= 0.6 is 24.0 Å². The summed E-state index contributed by atoms with van der Waals surface area (Å²) in [5.74, 6) is -0.286. The van der Waals surface area contributed by atoms with Crippen molar-refractivity contribution < 1.29 is 9.59 Å². The Kier molecular flexibility index (Phi) is 10.6. The first-order chi connectivity index (χ1) is 10.0. The van der Waals surface area contributed by atoms with E-state index in [1.165, 1.54) is 6.92 Å². The van der Waals surface area contributed by atoms with Gasteiger partial charge < -0.3 is 16.4 Å². The molecule has 2 amide bonds. The normalized spacial score (nSPS) is 9.77. The first kappa shape index (κ1) is 20.7. The van der Waals surface area contributed by atoms with Gasteiger partial charge in [-0.15, -0.1) is 12.4 Å². The second-order valence-corrected chi connectivity index (χ2v) is 5.31. The fraction of sp³-hybridized carbons (Fsp3) is 0.467. The molecule has 5 nitrogen and oxygen atoms in total. The van der Waals surface area contributed by atoms with E-state index >= 15 is 0 Å². The van der Waals surface area contributed by atoms with Crippen LogP contribution in [-0.2, 0) is 9.59 Å². The Hall–Kier alpha value is -1.30. The van der Waals surface area contributed by atoms with Crippen molar-refractivity contribution in [1.29, 1.82) is 0 Å². The molecule has 0 heterocycles. The monoisotopic (exact) mass is 347 g/mol. The molecule has 0 aliphatic rings. The van der Waals surface area contributed by atoms with Crippen LogP contribution < -0.4 is 16.4 Å². The van der Waals surface area contributed by atoms with Crippen molar-refractivity contribution in [3.05, 3.63) is 23.2 Å². The van der Waals surface area contributed by atoms with Crippen molar-refractivity contribution in [1.82, 2.24) is 0 Å². The smallest absolute Gasteiger partial charge is 0.224 e. The van der Waals surface area contributed by atoms with Gasteiger partial charge >= 0.3 is 0 Å². The lowest BCUT2D eigenvalue weighted by Crippen LogP contribution is -2.14. The highest BCUT2D eigenvalue weighted by atomic mass is 35.5. The molecule has 0 bridgehead atoms. The largest absolute Gasteiger partial charge is 0.330 e. The maximum atomic E-state index is 11.9. The standard InChI is InChI=1S/C15H22ClN3O2.ClH/c1-11(20)18-13-8-7-12(16)10-14(13)19-15(21)6-4-2-3-5-9-17;/h7-8,10H,2-6,9,17H2,1H3,(H,18,20)(H,19,21);1H. The Labute approximate surface area is 142 Å². The van der Waals surface area contributed by atoms with Crippen LogP contribution in [0.25, 0.3) is 0 Å². The van der Waals surface area contributed by atoms with E-state index in [1.807, 2.05) is 0 Å². The Morgan fingerprint density at radius 3 is 2.41 bits per heavy atom. The summed E-state index contributed by atoms with van der Waals surface area (Å²) in [6.45, 7) is 2.10. The van der Waals surface area contributed by atoms with Gasteiger partial charge in [0.25, 0.3) is 0 Å². The van der Waals surface area contributed by atoms with Gasteiger partial charge in [-0.05, 0) is 37.6 Å². The molecule has 0 aromatic heterocycles. The minimum atomic E-state index is -0.199. The van der Waals surface area contributed by atoms with Crippen LogP contribution in [0.15, 0.2) is 18.2 Å². The first-order valence-corrected chi connectivity index (χ1v) is 7.48. The zero-order valence-electron chi connectivity index (χ0n) is 12.7. The molecule has 1 aromatic carbocycles. The lowest BCUT2D eigenvalue weighted by molar-refractivity contribution is -0.116. The zero-order chi connectivity index (χ0) is 15.7. The summed E-state index contributed by atoms with van der Waals surface area (Å²) < 4.78 is 0. The molecule has 0 unspecified atom stereocenters. The lowest BCUT2D eigenvalue weighted by Gasteiger charge is -2.12. The highest BCUT2D eigenvalue weighted by molar-refractivity contribution is 6.31. The topological polar surface area (TPSA) is 84.2 Å². The minimum Gasteiger partial charge on any atom is -0.330 e. The van der Waals surface area contributed by atoms with Crippen LogP contribution in [0.2, 0.25) is 5.02 Å². The van der Waals surface area contributed by atoms with E-state index in [0.717, 1.165) is 25.7 Å². The lowest BCUT2D eigenvalue weighted by atomic mass is 10.1. The van der Waals surface area contributed by atoms with E-state index in [9.17, 15) is 9.59 Å². The highest BCUT2D eigenvalue weighted by Crippen LogP contribution is 2.26. The maximum absolute atomic E-state index is 11.9. The van der Waals surface area contributed by atoms with Crippen LogP contribution in [-0.4, -0.2) is 18.4 Å². The quantitative estimate of drug-likeness (QED) is 0.628. The number of carbonyl (C=O) groups is 2. The molecule has 124 valence electrons. The number of carbonyl (C=O) groups excluding carboxylic acids is 2. The second kappa shape index (κ2) is 11.3. The van der Waals surface area contributed by atoms with Crippen LogP contribution in [0.5, 0.6) is 0 Å². The summed E-state index contributed by atoms with van der Waals surface area (Å²) in [5, 5.41) is 5.95. The summed E-state index contributed by atoms with van der Waals surface area (Å²) in [6, 6.07) is 4.95. The van der Waals surface area contributed by atoms with Gasteiger partial charge in [-0.1, -0.05) is 24.4 Å². The molecule has 4 N–H and O–H groups in total. The number of hydrogen-bond acceptors (Lipinski definition) is 3. The SMILES string of the molecule is CC(=O)Nc1ccc(Cl)cc1NC(=O)CCCCCCN.Cl. The molecular weight excluding hydrogens is 325 g/mol. The van der Waals surface area contributed by atoms with E-state index in [2.05, 4.69) is 10.6 Å². The molecule has 0 spiro atoms. The number of halogens is 2. The van der Waals surface area contributed by atoms with Crippen LogP contribution in [0.3, 0.4) is 0 Å². The van der Waals surface area contributed by atoms with Gasteiger partial charge in [0.2, 0.25) is 11.8 Å². The maximum Gasteiger partial charge on any atom is 0.224 e. The Morgan fingerprint density at radius 1 is 1.09 bits per heavy atom. The molecule has 0 fully saturated rings. The zero-order valence-corrected chi connectivity index (χ0v) is 14.2. The molecule has 7 heteroatoms. The number of anilines is 2. The summed E-state index contributed by atoms with van der Waals surface area (Å²) in [6.07, 6.45) is 4.28. The average molecular weight is 348 g/mol. The number of rotatable bonds is 8. The van der Waals surface area contributed by atoms with Gasteiger partial charge in [0, 0.05) is 18.4 Å². The van der Waals surface area contributed by atoms with E-state index < -0.39 is 0 Å². The van der Waals surface area contributed by atoms with Crippen molar-refractivity contribution in [3.8, 4) is 0 Å². The predicted octanol–water partition coefficient (Wildman–Crippen LogP) is 3.57. The summed E-state index contributed by atoms with van der Waals surface area (Å²) in [4.78, 5) is 23.0. The molecule has 1 aromatic rings. The predicted molar refractivity (Wildman–Crippen MR) is 93.8 cm³/mol. The second-order valence-electron chi connectivity index (χ2n) is 4.87. The Bertz CT molecular complexity index is 496. The van der Waals surface area contributed by atoms with E-state index in [-0.39, 0.29) is 24.2 Å². The van der Waals surface area contributed by atoms with Crippen molar-refractivity contribution in [2.24, 2.45) is 5.73 Å². The molecule has 0 saturated carbocycles. The Morgan fingerprint density at radius 2 is 1.77 bits per heavy atom. The van der Waals surface area contributed by atoms with Crippen molar-refractivity contribution >= 4 is 47.2 Å². The number of unbranched alkanes of at least 4 members (excludes halogenated alkanes) is 3. The van der Waals surface area contributed by atoms with Gasteiger partial charge in [-0.2, -0.15) is 0 Å². The third-order valence-electron chi connectivity index (χ3n) is 2.92. The van der Waals surface area contributed by atoms with Crippen LogP contribution in [0.4, 0.5) is 11.4 Å². The highest BCUT2D eigenvalue weighted by Gasteiger charge is 2.08. The van der Waals surface area contributed by atoms with Gasteiger partial charge in [-0.25, -0.2) is 0 Å². The van der Waals surface area contributed by atoms with E-state index in [0.29, 0.717) is 29.4 Å². The molecule has 0 radical (unpaired) electrons. The van der Waals surface area contributed by atoms with Gasteiger partial charge in [-0.3, -0.25) is 9.59 Å². The molecule has 0 atom stereocenters. The summed E-state index contributed by atoms with van der Waals surface area (Å²) in [7, 11) is 0. The molecule has 0 aliphatic carbocycles. The molecule has 1 rings (SSSR count). The first-order valence-electron chi connectivity index (χ1n) is 7.10. The van der Waals surface area contributed by atoms with Crippen molar-refractivity contribution in [2.75, 3.05) is 17.2 Å². The molecular formula is C15H23Cl2N3O2. The third-order valence-corrected chi connectivity index (χ3v) is 3.16. The van der Waals surface area contributed by atoms with E-state index in [4.69, 9.17) is 17.3 Å². The number of amides is 2. The number of nitrogens with two attached hydrogens (primary N) is 1. The van der Waals surface area contributed by atoms with Crippen molar-refractivity contribution in [2.45, 2.75) is 39.0 Å². The van der Waals surface area contributed by atoms with Crippen molar-refractivity contribution in [3.63, 3.8) is 0 Å². The number of nitrogens with one attached hydrogen (secondary N) is 2. The summed E-state index contributed by atoms with van der Waals surface area (Å²) >= 11 is 5.92. The van der Waals surface area contributed by atoms with Crippen LogP contribution in [0, 0.1) is 0 Å². The van der Waals surface area contributed by atoms with Gasteiger partial charge in [0.15, 0.2) is 0 Å². The third kappa shape index (κ3) is 8.22. The summed E-state index contributed by atoms with van der Waals surface area (Å²) in [5.41, 5.74) is 6.48. The van der Waals surface area contributed by atoms with Crippen LogP contribution in [0.1, 0.15) is 39.0 Å². The molecule has 22 heavy (non-hydrogen) atoms. The fourth-order valence-corrected chi connectivity index (χ4v) is 2.09. The minimum absolute atomic E-state index is 0. The van der Waals surface area contributed by atoms with E-state index in [1.54, 1.807) is 18.2 Å². The fourth-order valence-electron chi connectivity index (χ4n) is 1.91. The molecule has 0 aliphatic heterocycles.